The Morgan fingerprint density at radius 2 is 1.52 bits per heavy atom. The molecule has 0 saturated carbocycles. The summed E-state index contributed by atoms with van der Waals surface area (Å²) >= 11 is 0. The molecule has 0 radical (unpaired) electrons. The average Bonchev–Trinajstić information content (AvgIpc) is 3.27. The van der Waals surface area contributed by atoms with Crippen LogP contribution >= 0.6 is 12.4 Å². The molecule has 6 heterocycles. The van der Waals surface area contributed by atoms with E-state index in [1.54, 1.807) is 22.9 Å². The van der Waals surface area contributed by atoms with Gasteiger partial charge >= 0.3 is 5.69 Å². The molecule has 3 aromatic heterocycles. The van der Waals surface area contributed by atoms with Gasteiger partial charge in [-0.2, -0.15) is 0 Å². The number of hydrogen-bond acceptors (Lipinski definition) is 9. The molecule has 3 fully saturated rings. The van der Waals surface area contributed by atoms with Crippen molar-refractivity contribution in [2.75, 3.05) is 45.0 Å². The number of benzene rings is 1. The molecule has 13 heteroatoms. The molecule has 222 valence electrons. The van der Waals surface area contributed by atoms with Crippen LogP contribution in [-0.2, 0) is 0 Å². The van der Waals surface area contributed by atoms with E-state index in [4.69, 9.17) is 10.5 Å². The summed E-state index contributed by atoms with van der Waals surface area (Å²) in [5, 5.41) is 3.38. The van der Waals surface area contributed by atoms with E-state index in [1.165, 1.54) is 61.1 Å². The van der Waals surface area contributed by atoms with Crippen LogP contribution in [0.25, 0.3) is 16.9 Å². The van der Waals surface area contributed by atoms with Gasteiger partial charge in [0.05, 0.1) is 11.9 Å². The number of hydrogen-bond donors (Lipinski definition) is 2. The summed E-state index contributed by atoms with van der Waals surface area (Å²) in [6.45, 7) is 6.49. The van der Waals surface area contributed by atoms with Gasteiger partial charge in [0.15, 0.2) is 11.5 Å². The van der Waals surface area contributed by atoms with E-state index in [0.717, 1.165) is 39.0 Å². The quantitative estimate of drug-likeness (QED) is 0.347. The number of nitrogen functional groups attached to an aromatic ring is 1. The number of halogens is 2. The molecule has 3 saturated heterocycles. The van der Waals surface area contributed by atoms with Gasteiger partial charge in [0.25, 0.3) is 0 Å². The van der Waals surface area contributed by atoms with E-state index in [1.807, 2.05) is 0 Å². The molecular formula is C29H35ClFN9O2. The van der Waals surface area contributed by atoms with E-state index >= 15 is 0 Å². The zero-order valence-electron chi connectivity index (χ0n) is 23.2. The summed E-state index contributed by atoms with van der Waals surface area (Å²) in [5.41, 5.74) is 7.65. The van der Waals surface area contributed by atoms with Crippen LogP contribution in [-0.4, -0.2) is 85.2 Å². The van der Waals surface area contributed by atoms with Gasteiger partial charge in [-0.05, 0) is 56.0 Å². The Bertz CT molecular complexity index is 1570. The van der Waals surface area contributed by atoms with Crippen LogP contribution in [0, 0.1) is 5.82 Å². The number of fused-ring (bicyclic) bond motifs is 1. The Morgan fingerprint density at radius 1 is 0.857 bits per heavy atom. The predicted octanol–water partition coefficient (Wildman–Crippen LogP) is 2.99. The van der Waals surface area contributed by atoms with Crippen LogP contribution in [0.4, 0.5) is 10.2 Å². The fraction of sp³-hybridized carbons (Fsp3) is 0.448. The SMILES string of the molecule is Cl.Nc1ncnc2c1n(-c1ccc(Oc3ccc(F)cc3)nc1)c(=O)n2C1CCN(C2CCN(C3CNC3)CC2)CC1. The van der Waals surface area contributed by atoms with Crippen LogP contribution in [0.1, 0.15) is 31.7 Å². The minimum atomic E-state index is -0.343. The molecule has 7 rings (SSSR count). The van der Waals surface area contributed by atoms with Crippen molar-refractivity contribution in [3.63, 3.8) is 0 Å². The highest BCUT2D eigenvalue weighted by Gasteiger charge is 2.34. The van der Waals surface area contributed by atoms with Gasteiger partial charge in [-0.1, -0.05) is 0 Å². The molecule has 3 aliphatic rings. The second kappa shape index (κ2) is 12.0. The van der Waals surface area contributed by atoms with Crippen molar-refractivity contribution >= 4 is 29.4 Å². The molecule has 1 aromatic carbocycles. The maximum absolute atomic E-state index is 13.9. The second-order valence-corrected chi connectivity index (χ2v) is 11.2. The monoisotopic (exact) mass is 595 g/mol. The maximum atomic E-state index is 13.9. The van der Waals surface area contributed by atoms with E-state index < -0.39 is 0 Å². The van der Waals surface area contributed by atoms with Gasteiger partial charge in [0.2, 0.25) is 5.88 Å². The fourth-order valence-electron chi connectivity index (χ4n) is 6.48. The zero-order valence-corrected chi connectivity index (χ0v) is 24.0. The largest absolute Gasteiger partial charge is 0.439 e. The first kappa shape index (κ1) is 28.5. The Labute approximate surface area is 248 Å². The molecule has 0 unspecified atom stereocenters. The van der Waals surface area contributed by atoms with Gasteiger partial charge in [0, 0.05) is 63.5 Å². The van der Waals surface area contributed by atoms with Crippen molar-refractivity contribution in [2.45, 2.75) is 43.8 Å². The van der Waals surface area contributed by atoms with E-state index in [2.05, 4.69) is 30.1 Å². The third-order valence-electron chi connectivity index (χ3n) is 8.85. The molecular weight excluding hydrogens is 561 g/mol. The van der Waals surface area contributed by atoms with Gasteiger partial charge in [-0.25, -0.2) is 24.1 Å². The van der Waals surface area contributed by atoms with Crippen molar-refractivity contribution in [1.82, 2.24) is 39.2 Å². The summed E-state index contributed by atoms with van der Waals surface area (Å²) in [6.07, 6.45) is 7.13. The highest BCUT2D eigenvalue weighted by Crippen LogP contribution is 2.31. The fourth-order valence-corrected chi connectivity index (χ4v) is 6.48. The van der Waals surface area contributed by atoms with E-state index in [0.29, 0.717) is 40.6 Å². The number of nitrogens with two attached hydrogens (primary N) is 1. The molecule has 3 aliphatic heterocycles. The molecule has 11 nitrogen and oxygen atoms in total. The molecule has 0 bridgehead atoms. The van der Waals surface area contributed by atoms with Crippen molar-refractivity contribution in [1.29, 1.82) is 0 Å². The molecule has 42 heavy (non-hydrogen) atoms. The number of piperidine rings is 2. The lowest BCUT2D eigenvalue weighted by Crippen LogP contribution is -2.60. The number of imidazole rings is 1. The minimum Gasteiger partial charge on any atom is -0.439 e. The van der Waals surface area contributed by atoms with Crippen molar-refractivity contribution in [3.8, 4) is 17.3 Å². The first-order valence-electron chi connectivity index (χ1n) is 14.4. The van der Waals surface area contributed by atoms with Gasteiger partial charge in [0.1, 0.15) is 23.4 Å². The smallest absolute Gasteiger partial charge is 0.335 e. The topological polar surface area (TPSA) is 119 Å². The van der Waals surface area contributed by atoms with Crippen LogP contribution in [0.5, 0.6) is 11.6 Å². The Morgan fingerprint density at radius 3 is 2.14 bits per heavy atom. The number of ether oxygens (including phenoxy) is 1. The number of nitrogens with one attached hydrogen (secondary N) is 1. The molecule has 3 N–H and O–H groups in total. The number of anilines is 1. The summed E-state index contributed by atoms with van der Waals surface area (Å²) < 4.78 is 22.3. The van der Waals surface area contributed by atoms with Crippen LogP contribution in [0.15, 0.2) is 53.7 Å². The first-order chi connectivity index (χ1) is 20.0. The van der Waals surface area contributed by atoms with Crippen LogP contribution in [0.3, 0.4) is 0 Å². The van der Waals surface area contributed by atoms with E-state index in [9.17, 15) is 9.18 Å². The summed E-state index contributed by atoms with van der Waals surface area (Å²) in [5.74, 6) is 0.683. The zero-order chi connectivity index (χ0) is 27.9. The molecule has 0 aliphatic carbocycles. The average molecular weight is 596 g/mol. The van der Waals surface area contributed by atoms with Gasteiger partial charge < -0.3 is 20.7 Å². The number of rotatable bonds is 6. The lowest BCUT2D eigenvalue weighted by atomic mass is 9.96. The third kappa shape index (κ3) is 5.35. The highest BCUT2D eigenvalue weighted by molar-refractivity contribution is 5.85. The number of aromatic nitrogens is 5. The normalized spacial score (nSPS) is 19.5. The minimum absolute atomic E-state index is 0. The highest BCUT2D eigenvalue weighted by atomic mass is 35.5. The van der Waals surface area contributed by atoms with Crippen molar-refractivity contribution in [2.24, 2.45) is 0 Å². The third-order valence-corrected chi connectivity index (χ3v) is 8.85. The Balaban J connectivity index is 0.00000316. The first-order valence-corrected chi connectivity index (χ1v) is 14.4. The number of nitrogens with zero attached hydrogens (tertiary/aromatic N) is 7. The molecule has 0 amide bonds. The van der Waals surface area contributed by atoms with Crippen LogP contribution in [0.2, 0.25) is 0 Å². The van der Waals surface area contributed by atoms with Crippen molar-refractivity contribution in [3.05, 3.63) is 65.2 Å². The summed E-state index contributed by atoms with van der Waals surface area (Å²) in [7, 11) is 0. The lowest BCUT2D eigenvalue weighted by Gasteiger charge is -2.46. The van der Waals surface area contributed by atoms with Crippen LogP contribution < -0.4 is 21.5 Å². The molecule has 0 atom stereocenters. The predicted molar refractivity (Wildman–Crippen MR) is 160 cm³/mol. The molecule has 0 spiro atoms. The van der Waals surface area contributed by atoms with Gasteiger partial charge in [-0.15, -0.1) is 12.4 Å². The lowest BCUT2D eigenvalue weighted by molar-refractivity contribution is 0.0502. The van der Waals surface area contributed by atoms with Crippen molar-refractivity contribution < 1.29 is 9.13 Å². The number of pyridine rings is 1. The molecule has 4 aromatic rings. The standard InChI is InChI=1S/C29H34FN9O2.ClH/c30-19-1-4-24(5-2-19)41-25-6-3-22(17-33-25)38-26-27(31)34-18-35-28(26)39(29(38)40)21-9-13-36(14-10-21)20-7-11-37(12-8-20)23-15-32-16-23;/h1-6,17-18,20-21,23,32H,7-16H2,(H2,31,34,35);1H. The maximum Gasteiger partial charge on any atom is 0.335 e. The Kier molecular flexibility index (Phi) is 8.13. The van der Waals surface area contributed by atoms with E-state index in [-0.39, 0.29) is 35.8 Å². The second-order valence-electron chi connectivity index (χ2n) is 11.2. The van der Waals surface area contributed by atoms with Gasteiger partial charge in [-0.3, -0.25) is 14.0 Å². The summed E-state index contributed by atoms with van der Waals surface area (Å²) in [6, 6.07) is 10.5. The summed E-state index contributed by atoms with van der Waals surface area (Å²) in [4.78, 5) is 32.3. The number of likely N-dealkylation sites (tertiary alicyclic amines) is 2. The Hall–Kier alpha value is -3.58.